The van der Waals surface area contributed by atoms with Crippen LogP contribution in [-0.4, -0.2) is 42.7 Å². The van der Waals surface area contributed by atoms with Crippen molar-refractivity contribution in [2.75, 3.05) is 24.7 Å². The van der Waals surface area contributed by atoms with Crippen molar-refractivity contribution in [3.05, 3.63) is 58.9 Å². The highest BCUT2D eigenvalue weighted by Crippen LogP contribution is 2.38. The summed E-state index contributed by atoms with van der Waals surface area (Å²) in [4.78, 5) is 31.4. The van der Waals surface area contributed by atoms with Gasteiger partial charge in [-0.15, -0.1) is 11.3 Å². The molecular weight excluding hydrogens is 428 g/mol. The number of benzene rings is 2. The summed E-state index contributed by atoms with van der Waals surface area (Å²) >= 11 is 1.55. The lowest BCUT2D eigenvalue weighted by molar-refractivity contribution is -0.144. The summed E-state index contributed by atoms with van der Waals surface area (Å²) in [5.74, 6) is 0.500. The molecule has 2 heterocycles. The number of anilines is 1. The summed E-state index contributed by atoms with van der Waals surface area (Å²) in [6, 6.07) is 14.9. The SMILES string of the molecule is CCC1Oc2ccc(-c3csc(C)n3)cc2N(CC(=O)OCCOc2ccccc2)C1=O. The first-order valence-corrected chi connectivity index (χ1v) is 11.3. The van der Waals surface area contributed by atoms with E-state index in [1.54, 1.807) is 11.3 Å². The molecule has 1 atom stereocenters. The molecule has 4 rings (SSSR count). The average Bonchev–Trinajstić information content (AvgIpc) is 3.25. The van der Waals surface area contributed by atoms with Gasteiger partial charge in [0.05, 0.1) is 16.4 Å². The normalized spacial score (nSPS) is 15.1. The Morgan fingerprint density at radius 3 is 2.72 bits per heavy atom. The van der Waals surface area contributed by atoms with E-state index in [-0.39, 0.29) is 25.7 Å². The molecular formula is C24H24N2O5S. The highest BCUT2D eigenvalue weighted by Gasteiger charge is 2.35. The van der Waals surface area contributed by atoms with Crippen LogP contribution in [0.3, 0.4) is 0 Å². The number of hydrogen-bond acceptors (Lipinski definition) is 7. The number of ether oxygens (including phenoxy) is 3. The minimum Gasteiger partial charge on any atom is -0.490 e. The number of aromatic nitrogens is 1. The molecule has 0 aliphatic carbocycles. The van der Waals surface area contributed by atoms with E-state index in [1.165, 1.54) is 4.90 Å². The molecule has 2 aromatic carbocycles. The van der Waals surface area contributed by atoms with Crippen LogP contribution in [0.1, 0.15) is 18.4 Å². The van der Waals surface area contributed by atoms with Crippen LogP contribution < -0.4 is 14.4 Å². The van der Waals surface area contributed by atoms with Crippen LogP contribution in [0.5, 0.6) is 11.5 Å². The number of carbonyl (C=O) groups excluding carboxylic acids is 2. The molecule has 1 aromatic heterocycles. The first kappa shape index (κ1) is 21.8. The third kappa shape index (κ3) is 4.91. The van der Waals surface area contributed by atoms with E-state index in [4.69, 9.17) is 14.2 Å². The zero-order valence-corrected chi connectivity index (χ0v) is 18.8. The summed E-state index contributed by atoms with van der Waals surface area (Å²) in [7, 11) is 0. The third-order valence-corrected chi connectivity index (χ3v) is 5.77. The lowest BCUT2D eigenvalue weighted by Gasteiger charge is -2.33. The van der Waals surface area contributed by atoms with Gasteiger partial charge >= 0.3 is 5.97 Å². The topological polar surface area (TPSA) is 78.0 Å². The van der Waals surface area contributed by atoms with Crippen LogP contribution >= 0.6 is 11.3 Å². The van der Waals surface area contributed by atoms with E-state index >= 15 is 0 Å². The van der Waals surface area contributed by atoms with E-state index in [2.05, 4.69) is 4.98 Å². The second-order valence-electron chi connectivity index (χ2n) is 7.26. The largest absolute Gasteiger partial charge is 0.490 e. The van der Waals surface area contributed by atoms with Gasteiger partial charge in [0.2, 0.25) is 0 Å². The molecule has 0 N–H and O–H groups in total. The molecule has 32 heavy (non-hydrogen) atoms. The Labute approximate surface area is 190 Å². The maximum Gasteiger partial charge on any atom is 0.326 e. The molecule has 0 spiro atoms. The maximum atomic E-state index is 13.0. The molecule has 7 nitrogen and oxygen atoms in total. The van der Waals surface area contributed by atoms with E-state index in [1.807, 2.05) is 67.8 Å². The van der Waals surface area contributed by atoms with Crippen LogP contribution in [-0.2, 0) is 14.3 Å². The fraction of sp³-hybridized carbons (Fsp3) is 0.292. The zero-order chi connectivity index (χ0) is 22.5. The first-order chi connectivity index (χ1) is 15.5. The molecule has 0 saturated heterocycles. The van der Waals surface area contributed by atoms with Crippen molar-refractivity contribution in [3.63, 3.8) is 0 Å². The lowest BCUT2D eigenvalue weighted by atomic mass is 10.1. The molecule has 0 bridgehead atoms. The second kappa shape index (κ2) is 9.82. The molecule has 8 heteroatoms. The molecule has 0 radical (unpaired) electrons. The molecule has 0 saturated carbocycles. The molecule has 166 valence electrons. The van der Waals surface area contributed by atoms with Gasteiger partial charge in [-0.25, -0.2) is 4.98 Å². The van der Waals surface area contributed by atoms with Gasteiger partial charge in [0.1, 0.15) is 31.3 Å². The first-order valence-electron chi connectivity index (χ1n) is 10.4. The van der Waals surface area contributed by atoms with Crippen molar-refractivity contribution >= 4 is 28.9 Å². The monoisotopic (exact) mass is 452 g/mol. The molecule has 1 unspecified atom stereocenters. The van der Waals surface area contributed by atoms with Crippen LogP contribution in [0, 0.1) is 6.92 Å². The van der Waals surface area contributed by atoms with Crippen LogP contribution in [0.4, 0.5) is 5.69 Å². The van der Waals surface area contributed by atoms with Crippen LogP contribution in [0.25, 0.3) is 11.3 Å². The number of esters is 1. The number of amides is 1. The van der Waals surface area contributed by atoms with Gasteiger partial charge in [0.15, 0.2) is 6.10 Å². The highest BCUT2D eigenvalue weighted by molar-refractivity contribution is 7.09. The van der Waals surface area contributed by atoms with Crippen molar-refractivity contribution in [1.29, 1.82) is 0 Å². The fourth-order valence-corrected chi connectivity index (χ4v) is 4.03. The minimum atomic E-state index is -0.635. The summed E-state index contributed by atoms with van der Waals surface area (Å²) in [5.41, 5.74) is 2.22. The van der Waals surface area contributed by atoms with Gasteiger partial charge in [0.25, 0.3) is 5.91 Å². The molecule has 1 aliphatic heterocycles. The van der Waals surface area contributed by atoms with Gasteiger partial charge in [-0.3, -0.25) is 14.5 Å². The van der Waals surface area contributed by atoms with E-state index < -0.39 is 12.1 Å². The Hall–Kier alpha value is -3.39. The lowest BCUT2D eigenvalue weighted by Crippen LogP contribution is -2.48. The van der Waals surface area contributed by atoms with Gasteiger partial charge < -0.3 is 14.2 Å². The molecule has 1 amide bonds. The maximum absolute atomic E-state index is 13.0. The van der Waals surface area contributed by atoms with Crippen molar-refractivity contribution in [2.24, 2.45) is 0 Å². The third-order valence-electron chi connectivity index (χ3n) is 4.99. The summed E-state index contributed by atoms with van der Waals surface area (Å²) in [5, 5.41) is 2.91. The second-order valence-corrected chi connectivity index (χ2v) is 8.32. The van der Waals surface area contributed by atoms with E-state index in [9.17, 15) is 9.59 Å². The Morgan fingerprint density at radius 2 is 2.00 bits per heavy atom. The van der Waals surface area contributed by atoms with E-state index in [0.29, 0.717) is 23.6 Å². The smallest absolute Gasteiger partial charge is 0.326 e. The number of fused-ring (bicyclic) bond motifs is 1. The number of thiazole rings is 1. The zero-order valence-electron chi connectivity index (χ0n) is 17.9. The Kier molecular flexibility index (Phi) is 6.70. The number of carbonyl (C=O) groups is 2. The van der Waals surface area contributed by atoms with Crippen LogP contribution in [0.2, 0.25) is 0 Å². The van der Waals surface area contributed by atoms with Gasteiger partial charge in [-0.05, 0) is 43.7 Å². The predicted molar refractivity (Wildman–Crippen MR) is 122 cm³/mol. The Balaban J connectivity index is 1.45. The summed E-state index contributed by atoms with van der Waals surface area (Å²) in [6.07, 6.45) is -0.133. The van der Waals surface area contributed by atoms with Gasteiger partial charge in [0, 0.05) is 10.9 Å². The standard InChI is InChI=1S/C24H24N2O5S/c1-3-21-24(28)26(14-23(27)30-12-11-29-18-7-5-4-6-8-18)20-13-17(9-10-22(20)31-21)19-15-32-16(2)25-19/h4-10,13,15,21H,3,11-12,14H2,1-2H3. The van der Waals surface area contributed by atoms with Crippen molar-refractivity contribution in [3.8, 4) is 22.8 Å². The Bertz CT molecular complexity index is 1100. The predicted octanol–water partition coefficient (Wildman–Crippen LogP) is 4.24. The average molecular weight is 453 g/mol. The molecule has 3 aromatic rings. The minimum absolute atomic E-state index is 0.0917. The Morgan fingerprint density at radius 1 is 1.19 bits per heavy atom. The fourth-order valence-electron chi connectivity index (χ4n) is 3.41. The number of rotatable bonds is 8. The van der Waals surface area contributed by atoms with Crippen molar-refractivity contribution < 1.29 is 23.8 Å². The summed E-state index contributed by atoms with van der Waals surface area (Å²) in [6.45, 7) is 3.94. The van der Waals surface area contributed by atoms with Crippen molar-refractivity contribution in [1.82, 2.24) is 4.98 Å². The van der Waals surface area contributed by atoms with Crippen molar-refractivity contribution in [2.45, 2.75) is 26.4 Å². The molecule has 1 aliphatic rings. The quantitative estimate of drug-likeness (QED) is 0.376. The summed E-state index contributed by atoms with van der Waals surface area (Å²) < 4.78 is 16.7. The number of hydrogen-bond donors (Lipinski definition) is 0. The number of aryl methyl sites for hydroxylation is 1. The molecule has 0 fully saturated rings. The highest BCUT2D eigenvalue weighted by atomic mass is 32.1. The van der Waals surface area contributed by atoms with Crippen LogP contribution in [0.15, 0.2) is 53.9 Å². The van der Waals surface area contributed by atoms with E-state index in [0.717, 1.165) is 16.3 Å². The number of nitrogens with zero attached hydrogens (tertiary/aromatic N) is 2. The van der Waals surface area contributed by atoms with Gasteiger partial charge in [-0.2, -0.15) is 0 Å². The number of para-hydroxylation sites is 1. The van der Waals surface area contributed by atoms with Gasteiger partial charge in [-0.1, -0.05) is 25.1 Å².